The van der Waals surface area contributed by atoms with Gasteiger partial charge in [-0.05, 0) is 19.3 Å². The topological polar surface area (TPSA) is 92.4 Å². The molecule has 1 aliphatic carbocycles. The third kappa shape index (κ3) is 3.20. The van der Waals surface area contributed by atoms with Gasteiger partial charge in [-0.2, -0.15) is 0 Å². The first-order chi connectivity index (χ1) is 6.99. The lowest BCUT2D eigenvalue weighted by atomic mass is 10.1. The number of carbonyl (C=O) groups excluding carboxylic acids is 1. The molecule has 5 heteroatoms. The van der Waals surface area contributed by atoms with E-state index in [1.807, 2.05) is 6.92 Å². The Kier molecular flexibility index (Phi) is 3.68. The average Bonchev–Trinajstić information content (AvgIpc) is 2.91. The van der Waals surface area contributed by atoms with Gasteiger partial charge >= 0.3 is 5.97 Å². The minimum Gasteiger partial charge on any atom is -0.480 e. The molecule has 4 N–H and O–H groups in total. The van der Waals surface area contributed by atoms with Crippen molar-refractivity contribution < 1.29 is 14.7 Å². The maximum Gasteiger partial charge on any atom is 0.326 e. The van der Waals surface area contributed by atoms with Gasteiger partial charge in [-0.15, -0.1) is 0 Å². The summed E-state index contributed by atoms with van der Waals surface area (Å²) >= 11 is 0. The first kappa shape index (κ1) is 12.0. The zero-order chi connectivity index (χ0) is 11.5. The molecule has 0 bridgehead atoms. The lowest BCUT2D eigenvalue weighted by Gasteiger charge is -2.16. The van der Waals surface area contributed by atoms with E-state index in [1.54, 1.807) is 0 Å². The highest BCUT2D eigenvalue weighted by molar-refractivity contribution is 5.92. The number of rotatable bonds is 6. The van der Waals surface area contributed by atoms with Crippen LogP contribution >= 0.6 is 0 Å². The van der Waals surface area contributed by atoms with E-state index in [-0.39, 0.29) is 5.91 Å². The van der Waals surface area contributed by atoms with Gasteiger partial charge in [0, 0.05) is 0 Å². The number of unbranched alkanes of at least 4 members (excludes halogenated alkanes) is 1. The number of hydrogen-bond donors (Lipinski definition) is 3. The zero-order valence-electron chi connectivity index (χ0n) is 8.95. The van der Waals surface area contributed by atoms with Crippen LogP contribution in [0.5, 0.6) is 0 Å². The van der Waals surface area contributed by atoms with Gasteiger partial charge in [-0.25, -0.2) is 4.79 Å². The van der Waals surface area contributed by atoms with Crippen molar-refractivity contribution >= 4 is 11.9 Å². The smallest absolute Gasteiger partial charge is 0.326 e. The molecule has 1 amide bonds. The van der Waals surface area contributed by atoms with Crippen molar-refractivity contribution in [2.75, 3.05) is 0 Å². The van der Waals surface area contributed by atoms with Crippen molar-refractivity contribution in [3.8, 4) is 0 Å². The quantitative estimate of drug-likeness (QED) is 0.590. The van der Waals surface area contributed by atoms with Gasteiger partial charge in [0.25, 0.3) is 0 Å². The third-order valence-corrected chi connectivity index (χ3v) is 2.69. The normalized spacial score (nSPS) is 19.3. The van der Waals surface area contributed by atoms with Crippen molar-refractivity contribution in [2.45, 2.75) is 50.6 Å². The van der Waals surface area contributed by atoms with Gasteiger partial charge in [-0.3, -0.25) is 4.79 Å². The van der Waals surface area contributed by atoms with Crippen LogP contribution < -0.4 is 11.1 Å². The van der Waals surface area contributed by atoms with Crippen LogP contribution in [0.1, 0.15) is 39.0 Å². The number of amides is 1. The molecule has 1 rings (SSSR count). The first-order valence-corrected chi connectivity index (χ1v) is 5.32. The maximum absolute atomic E-state index is 11.5. The molecular formula is C10H18N2O3. The molecular weight excluding hydrogens is 196 g/mol. The second-order valence-corrected chi connectivity index (χ2v) is 4.16. The minimum atomic E-state index is -0.985. The van der Waals surface area contributed by atoms with Crippen LogP contribution in [0, 0.1) is 0 Å². The summed E-state index contributed by atoms with van der Waals surface area (Å²) in [6.45, 7) is 1.98. The Labute approximate surface area is 89.0 Å². The maximum atomic E-state index is 11.5. The molecule has 15 heavy (non-hydrogen) atoms. The van der Waals surface area contributed by atoms with E-state index in [1.165, 1.54) is 0 Å². The fourth-order valence-electron chi connectivity index (χ4n) is 1.33. The summed E-state index contributed by atoms with van der Waals surface area (Å²) in [7, 11) is 0. The summed E-state index contributed by atoms with van der Waals surface area (Å²) in [5.74, 6) is -1.31. The second-order valence-electron chi connectivity index (χ2n) is 4.16. The van der Waals surface area contributed by atoms with Gasteiger partial charge in [0.1, 0.15) is 6.04 Å². The number of nitrogens with one attached hydrogen (secondary N) is 1. The van der Waals surface area contributed by atoms with Crippen LogP contribution in [0.2, 0.25) is 0 Å². The van der Waals surface area contributed by atoms with Crippen molar-refractivity contribution in [3.05, 3.63) is 0 Å². The highest BCUT2D eigenvalue weighted by Crippen LogP contribution is 2.32. The van der Waals surface area contributed by atoms with Gasteiger partial charge < -0.3 is 16.2 Å². The first-order valence-electron chi connectivity index (χ1n) is 5.32. The molecule has 0 saturated heterocycles. The summed E-state index contributed by atoms with van der Waals surface area (Å²) < 4.78 is 0. The molecule has 0 spiro atoms. The number of carboxylic acids is 1. The highest BCUT2D eigenvalue weighted by Gasteiger charge is 2.46. The summed E-state index contributed by atoms with van der Waals surface area (Å²) in [5.41, 5.74) is 4.87. The molecule has 86 valence electrons. The largest absolute Gasteiger partial charge is 0.480 e. The van der Waals surface area contributed by atoms with Gasteiger partial charge in [-0.1, -0.05) is 19.8 Å². The van der Waals surface area contributed by atoms with E-state index in [0.717, 1.165) is 12.8 Å². The van der Waals surface area contributed by atoms with Crippen molar-refractivity contribution in [3.63, 3.8) is 0 Å². The molecule has 0 heterocycles. The average molecular weight is 214 g/mol. The van der Waals surface area contributed by atoms with E-state index in [2.05, 4.69) is 5.32 Å². The van der Waals surface area contributed by atoms with E-state index < -0.39 is 17.6 Å². The van der Waals surface area contributed by atoms with Gasteiger partial charge in [0.15, 0.2) is 0 Å². The predicted octanol–water partition coefficient (Wildman–Crippen LogP) is 0.237. The van der Waals surface area contributed by atoms with Crippen molar-refractivity contribution in [1.29, 1.82) is 0 Å². The Morgan fingerprint density at radius 3 is 2.53 bits per heavy atom. The molecule has 1 saturated carbocycles. The number of carboxylic acid groups (broad SMARTS) is 1. The molecule has 1 fully saturated rings. The Bertz CT molecular complexity index is 261. The van der Waals surface area contributed by atoms with E-state index in [0.29, 0.717) is 19.3 Å². The van der Waals surface area contributed by atoms with Crippen LogP contribution in [0.15, 0.2) is 0 Å². The summed E-state index contributed by atoms with van der Waals surface area (Å²) in [4.78, 5) is 22.3. The Hall–Kier alpha value is -1.10. The van der Waals surface area contributed by atoms with Crippen LogP contribution in [-0.4, -0.2) is 28.6 Å². The fourth-order valence-corrected chi connectivity index (χ4v) is 1.33. The van der Waals surface area contributed by atoms with Crippen molar-refractivity contribution in [1.82, 2.24) is 5.32 Å². The van der Waals surface area contributed by atoms with Gasteiger partial charge in [0.2, 0.25) is 5.91 Å². The van der Waals surface area contributed by atoms with Crippen LogP contribution in [0.3, 0.4) is 0 Å². The van der Waals surface area contributed by atoms with Crippen molar-refractivity contribution in [2.24, 2.45) is 5.73 Å². The second kappa shape index (κ2) is 4.61. The summed E-state index contributed by atoms with van der Waals surface area (Å²) in [5, 5.41) is 11.4. The molecule has 5 nitrogen and oxygen atoms in total. The molecule has 0 aliphatic heterocycles. The van der Waals surface area contributed by atoms with Gasteiger partial charge in [0.05, 0.1) is 5.54 Å². The molecule has 0 radical (unpaired) electrons. The number of aliphatic carboxylic acids is 1. The molecule has 0 aromatic heterocycles. The Morgan fingerprint density at radius 2 is 2.13 bits per heavy atom. The molecule has 0 aromatic carbocycles. The lowest BCUT2D eigenvalue weighted by molar-refractivity contribution is -0.142. The van der Waals surface area contributed by atoms with E-state index in [4.69, 9.17) is 10.8 Å². The number of carbonyl (C=O) groups is 2. The number of nitrogens with two attached hydrogens (primary N) is 1. The van der Waals surface area contributed by atoms with Crippen LogP contribution in [0.4, 0.5) is 0 Å². The molecule has 1 aliphatic rings. The third-order valence-electron chi connectivity index (χ3n) is 2.69. The van der Waals surface area contributed by atoms with E-state index in [9.17, 15) is 9.59 Å². The monoisotopic (exact) mass is 214 g/mol. The lowest BCUT2D eigenvalue weighted by Crippen LogP contribution is -2.49. The summed E-state index contributed by atoms with van der Waals surface area (Å²) in [6.07, 6.45) is 3.47. The SMILES string of the molecule is CCCC[C@H](NC(=O)C1(N)CC1)C(=O)O. The Morgan fingerprint density at radius 1 is 1.53 bits per heavy atom. The molecule has 1 atom stereocenters. The Balaban J connectivity index is 2.43. The predicted molar refractivity (Wildman–Crippen MR) is 55.2 cm³/mol. The zero-order valence-corrected chi connectivity index (χ0v) is 8.95. The van der Waals surface area contributed by atoms with Crippen LogP contribution in [-0.2, 0) is 9.59 Å². The fraction of sp³-hybridized carbons (Fsp3) is 0.800. The van der Waals surface area contributed by atoms with Crippen LogP contribution in [0.25, 0.3) is 0 Å². The standard InChI is InChI=1S/C10H18N2O3/c1-2-3-4-7(8(13)14)12-9(15)10(11)5-6-10/h7H,2-6,11H2,1H3,(H,12,15)(H,13,14)/t7-/m0/s1. The summed E-state index contributed by atoms with van der Waals surface area (Å²) in [6, 6.07) is -0.793. The number of hydrogen-bond acceptors (Lipinski definition) is 3. The van der Waals surface area contributed by atoms with E-state index >= 15 is 0 Å². The molecule has 0 unspecified atom stereocenters. The molecule has 0 aromatic rings. The minimum absolute atomic E-state index is 0.328. The highest BCUT2D eigenvalue weighted by atomic mass is 16.4.